The summed E-state index contributed by atoms with van der Waals surface area (Å²) in [4.78, 5) is 30.9. The van der Waals surface area contributed by atoms with Gasteiger partial charge in [0.15, 0.2) is 0 Å². The van der Waals surface area contributed by atoms with Gasteiger partial charge in [0.2, 0.25) is 5.95 Å². The lowest BCUT2D eigenvalue weighted by Gasteiger charge is -2.18. The Morgan fingerprint density at radius 3 is 2.86 bits per heavy atom. The summed E-state index contributed by atoms with van der Waals surface area (Å²) in [7, 11) is 0. The Morgan fingerprint density at radius 2 is 2.24 bits per heavy atom. The standard InChI is InChI=1S/C13H16N4O4/c1-3-16(8-12(18)21-4-2)13-14-10-6-5-9(17(19)20)7-11(10)15-13/h5-7H,3-4,8H2,1-2H3,(H,14,15). The number of rotatable bonds is 6. The van der Waals surface area contributed by atoms with E-state index in [1.54, 1.807) is 17.9 Å². The molecule has 0 amide bonds. The third-order valence-electron chi connectivity index (χ3n) is 2.97. The van der Waals surface area contributed by atoms with E-state index in [4.69, 9.17) is 4.74 Å². The molecule has 2 aromatic rings. The van der Waals surface area contributed by atoms with Gasteiger partial charge in [0.25, 0.3) is 5.69 Å². The highest BCUT2D eigenvalue weighted by Gasteiger charge is 2.16. The van der Waals surface area contributed by atoms with Crippen LogP contribution >= 0.6 is 0 Å². The second kappa shape index (κ2) is 6.21. The summed E-state index contributed by atoms with van der Waals surface area (Å²) in [6, 6.07) is 4.39. The first-order chi connectivity index (χ1) is 10.0. The van der Waals surface area contributed by atoms with Gasteiger partial charge in [0.1, 0.15) is 6.54 Å². The highest BCUT2D eigenvalue weighted by atomic mass is 16.6. The van der Waals surface area contributed by atoms with Gasteiger partial charge in [-0.3, -0.25) is 14.9 Å². The molecule has 0 atom stereocenters. The molecule has 8 heteroatoms. The number of esters is 1. The Bertz CT molecular complexity index is 667. The Labute approximate surface area is 120 Å². The molecule has 0 fully saturated rings. The number of non-ortho nitro benzene ring substituents is 1. The zero-order chi connectivity index (χ0) is 15.4. The third-order valence-corrected chi connectivity index (χ3v) is 2.97. The number of ether oxygens (including phenoxy) is 1. The van der Waals surface area contributed by atoms with Crippen LogP contribution in [-0.4, -0.2) is 40.6 Å². The van der Waals surface area contributed by atoms with E-state index in [9.17, 15) is 14.9 Å². The molecule has 0 aliphatic rings. The van der Waals surface area contributed by atoms with E-state index >= 15 is 0 Å². The molecule has 0 spiro atoms. The Balaban J connectivity index is 2.27. The Kier molecular flexibility index (Phi) is 4.36. The van der Waals surface area contributed by atoms with Crippen molar-refractivity contribution >= 4 is 28.6 Å². The summed E-state index contributed by atoms with van der Waals surface area (Å²) in [6.45, 7) is 4.58. The molecule has 0 bridgehead atoms. The SMILES string of the molecule is CCOC(=O)CN(CC)c1nc2ccc([N+](=O)[O-])cc2[nH]1. The third kappa shape index (κ3) is 3.28. The minimum absolute atomic E-state index is 0.00820. The molecule has 112 valence electrons. The highest BCUT2D eigenvalue weighted by Crippen LogP contribution is 2.22. The summed E-state index contributed by atoms with van der Waals surface area (Å²) < 4.78 is 4.91. The second-order valence-corrected chi connectivity index (χ2v) is 4.34. The second-order valence-electron chi connectivity index (χ2n) is 4.34. The van der Waals surface area contributed by atoms with Gasteiger partial charge in [0.05, 0.1) is 22.6 Å². The van der Waals surface area contributed by atoms with Crippen LogP contribution in [0, 0.1) is 10.1 Å². The number of nitrogens with zero attached hydrogens (tertiary/aromatic N) is 3. The molecule has 0 saturated heterocycles. The van der Waals surface area contributed by atoms with Crippen LogP contribution in [0.1, 0.15) is 13.8 Å². The molecule has 1 N–H and O–H groups in total. The Morgan fingerprint density at radius 1 is 1.48 bits per heavy atom. The zero-order valence-corrected chi connectivity index (χ0v) is 11.8. The predicted molar refractivity (Wildman–Crippen MR) is 77.3 cm³/mol. The van der Waals surface area contributed by atoms with Crippen LogP contribution in [0.15, 0.2) is 18.2 Å². The molecule has 0 aliphatic heterocycles. The van der Waals surface area contributed by atoms with Gasteiger partial charge in [0, 0.05) is 18.7 Å². The van der Waals surface area contributed by atoms with Crippen LogP contribution in [0.3, 0.4) is 0 Å². The molecule has 0 saturated carbocycles. The number of benzene rings is 1. The zero-order valence-electron chi connectivity index (χ0n) is 11.8. The molecule has 1 aromatic heterocycles. The van der Waals surface area contributed by atoms with E-state index in [1.807, 2.05) is 6.92 Å². The summed E-state index contributed by atoms with van der Waals surface area (Å²) in [5.41, 5.74) is 1.16. The van der Waals surface area contributed by atoms with E-state index in [-0.39, 0.29) is 18.2 Å². The first-order valence-electron chi connectivity index (χ1n) is 6.59. The van der Waals surface area contributed by atoms with Crippen molar-refractivity contribution in [2.45, 2.75) is 13.8 Å². The summed E-state index contributed by atoms with van der Waals surface area (Å²) in [6.07, 6.45) is 0. The molecule has 0 aliphatic carbocycles. The van der Waals surface area contributed by atoms with E-state index in [0.29, 0.717) is 30.1 Å². The summed E-state index contributed by atoms with van der Waals surface area (Å²) in [5, 5.41) is 10.8. The largest absolute Gasteiger partial charge is 0.465 e. The monoisotopic (exact) mass is 292 g/mol. The minimum Gasteiger partial charge on any atom is -0.465 e. The van der Waals surface area contributed by atoms with Crippen LogP contribution in [0.25, 0.3) is 11.0 Å². The summed E-state index contributed by atoms with van der Waals surface area (Å²) >= 11 is 0. The van der Waals surface area contributed by atoms with Crippen LogP contribution in [0.4, 0.5) is 11.6 Å². The first kappa shape index (κ1) is 14.8. The van der Waals surface area contributed by atoms with Crippen LogP contribution in [0.5, 0.6) is 0 Å². The number of nitro groups is 1. The number of hydrogen-bond acceptors (Lipinski definition) is 6. The lowest BCUT2D eigenvalue weighted by Crippen LogP contribution is -2.31. The van der Waals surface area contributed by atoms with Crippen molar-refractivity contribution in [1.82, 2.24) is 9.97 Å². The number of aromatic nitrogens is 2. The first-order valence-corrected chi connectivity index (χ1v) is 6.59. The lowest BCUT2D eigenvalue weighted by atomic mass is 10.3. The van der Waals surface area contributed by atoms with Crippen molar-refractivity contribution in [2.75, 3.05) is 24.6 Å². The van der Waals surface area contributed by atoms with Crippen LogP contribution in [-0.2, 0) is 9.53 Å². The number of imidazole rings is 1. The van der Waals surface area contributed by atoms with Crippen molar-refractivity contribution in [1.29, 1.82) is 0 Å². The number of aromatic amines is 1. The fourth-order valence-electron chi connectivity index (χ4n) is 1.95. The topological polar surface area (TPSA) is 101 Å². The van der Waals surface area contributed by atoms with E-state index in [0.717, 1.165) is 0 Å². The maximum absolute atomic E-state index is 11.5. The number of nitrogens with one attached hydrogen (secondary N) is 1. The number of H-pyrrole nitrogens is 1. The molecule has 1 aromatic carbocycles. The summed E-state index contributed by atoms with van der Waals surface area (Å²) in [5.74, 6) is 0.145. The van der Waals surface area contributed by atoms with Gasteiger partial charge in [-0.1, -0.05) is 0 Å². The van der Waals surface area contributed by atoms with Gasteiger partial charge >= 0.3 is 5.97 Å². The molecule has 1 heterocycles. The van der Waals surface area contributed by atoms with E-state index < -0.39 is 4.92 Å². The lowest BCUT2D eigenvalue weighted by molar-refractivity contribution is -0.384. The molecule has 0 unspecified atom stereocenters. The number of hydrogen-bond donors (Lipinski definition) is 1. The fraction of sp³-hybridized carbons (Fsp3) is 0.385. The van der Waals surface area contributed by atoms with Crippen LogP contribution in [0.2, 0.25) is 0 Å². The van der Waals surface area contributed by atoms with Gasteiger partial charge < -0.3 is 14.6 Å². The molecule has 2 rings (SSSR count). The highest BCUT2D eigenvalue weighted by molar-refractivity contribution is 5.81. The van der Waals surface area contributed by atoms with Crippen molar-refractivity contribution in [2.24, 2.45) is 0 Å². The van der Waals surface area contributed by atoms with Gasteiger partial charge in [-0.2, -0.15) is 0 Å². The van der Waals surface area contributed by atoms with Crippen LogP contribution < -0.4 is 4.90 Å². The maximum Gasteiger partial charge on any atom is 0.325 e. The number of likely N-dealkylation sites (N-methyl/N-ethyl adjacent to an activating group) is 1. The average Bonchev–Trinajstić information content (AvgIpc) is 2.87. The minimum atomic E-state index is -0.462. The molecular weight excluding hydrogens is 276 g/mol. The average molecular weight is 292 g/mol. The quantitative estimate of drug-likeness (QED) is 0.495. The number of nitro benzene ring substituents is 1. The van der Waals surface area contributed by atoms with Gasteiger partial charge in [-0.25, -0.2) is 4.98 Å². The van der Waals surface area contributed by atoms with Crippen molar-refractivity contribution < 1.29 is 14.5 Å². The Hall–Kier alpha value is -2.64. The number of fused-ring (bicyclic) bond motifs is 1. The predicted octanol–water partition coefficient (Wildman–Crippen LogP) is 1.86. The fourth-order valence-corrected chi connectivity index (χ4v) is 1.95. The molecule has 21 heavy (non-hydrogen) atoms. The number of carbonyl (C=O) groups is 1. The van der Waals surface area contributed by atoms with Gasteiger partial charge in [-0.15, -0.1) is 0 Å². The van der Waals surface area contributed by atoms with E-state index in [1.165, 1.54) is 12.1 Å². The van der Waals surface area contributed by atoms with Crippen molar-refractivity contribution in [3.05, 3.63) is 28.3 Å². The normalized spacial score (nSPS) is 10.6. The van der Waals surface area contributed by atoms with Gasteiger partial charge in [-0.05, 0) is 19.9 Å². The molecular formula is C13H16N4O4. The smallest absolute Gasteiger partial charge is 0.325 e. The molecule has 8 nitrogen and oxygen atoms in total. The van der Waals surface area contributed by atoms with E-state index in [2.05, 4.69) is 9.97 Å². The molecule has 0 radical (unpaired) electrons. The number of anilines is 1. The van der Waals surface area contributed by atoms with Crippen molar-refractivity contribution in [3.8, 4) is 0 Å². The number of carbonyl (C=O) groups excluding carboxylic acids is 1. The van der Waals surface area contributed by atoms with Crippen molar-refractivity contribution in [3.63, 3.8) is 0 Å². The maximum atomic E-state index is 11.5.